The summed E-state index contributed by atoms with van der Waals surface area (Å²) < 4.78 is 0. The molecule has 0 saturated carbocycles. The molecule has 1 heterocycles. The van der Waals surface area contributed by atoms with Crippen molar-refractivity contribution in [1.29, 1.82) is 0 Å². The van der Waals surface area contributed by atoms with E-state index < -0.39 is 0 Å². The van der Waals surface area contributed by atoms with Crippen LogP contribution in [0, 0.1) is 0 Å². The zero-order valence-electron chi connectivity index (χ0n) is 10.0. The number of hydrogen-bond donors (Lipinski definition) is 2. The van der Waals surface area contributed by atoms with E-state index in [2.05, 4.69) is 22.6 Å². The van der Waals surface area contributed by atoms with Gasteiger partial charge in [0.15, 0.2) is 0 Å². The summed E-state index contributed by atoms with van der Waals surface area (Å²) in [6, 6.07) is 0.428. The van der Waals surface area contributed by atoms with Crippen molar-refractivity contribution in [3.63, 3.8) is 0 Å². The fourth-order valence-corrected chi connectivity index (χ4v) is 1.93. The van der Waals surface area contributed by atoms with Crippen LogP contribution in [0.5, 0.6) is 0 Å². The first-order valence-corrected chi connectivity index (χ1v) is 5.85. The minimum atomic E-state index is -0.0710. The third-order valence-corrected chi connectivity index (χ3v) is 2.95. The Morgan fingerprint density at radius 1 is 1.47 bits per heavy atom. The van der Waals surface area contributed by atoms with Gasteiger partial charge in [-0.25, -0.2) is 0 Å². The van der Waals surface area contributed by atoms with Gasteiger partial charge in [0.2, 0.25) is 5.91 Å². The number of piperidine rings is 1. The van der Waals surface area contributed by atoms with Gasteiger partial charge < -0.3 is 15.5 Å². The lowest BCUT2D eigenvalue weighted by molar-refractivity contribution is -0.122. The molecule has 0 spiro atoms. The van der Waals surface area contributed by atoms with E-state index >= 15 is 0 Å². The number of carbonyl (C=O) groups excluding carboxylic acids is 1. The summed E-state index contributed by atoms with van der Waals surface area (Å²) >= 11 is 0. The number of nitrogens with zero attached hydrogens (tertiary/aromatic N) is 1. The summed E-state index contributed by atoms with van der Waals surface area (Å²) in [5.74, 6) is 0.108. The van der Waals surface area contributed by atoms with Gasteiger partial charge >= 0.3 is 0 Å². The Hall–Kier alpha value is -0.610. The summed E-state index contributed by atoms with van der Waals surface area (Å²) in [6.45, 7) is 6.83. The van der Waals surface area contributed by atoms with Crippen LogP contribution in [-0.2, 0) is 4.79 Å². The molecular formula is C11H23N3O. The molecule has 0 aromatic rings. The first-order valence-electron chi connectivity index (χ1n) is 5.85. The van der Waals surface area contributed by atoms with Crippen molar-refractivity contribution in [3.8, 4) is 0 Å². The number of hydrogen-bond acceptors (Lipinski definition) is 3. The molecule has 1 aliphatic heterocycles. The topological polar surface area (TPSA) is 44.4 Å². The first kappa shape index (κ1) is 12.5. The van der Waals surface area contributed by atoms with Crippen LogP contribution in [-0.4, -0.2) is 49.6 Å². The van der Waals surface area contributed by atoms with Gasteiger partial charge in [0.1, 0.15) is 0 Å². The Kier molecular flexibility index (Phi) is 5.05. The summed E-state index contributed by atoms with van der Waals surface area (Å²) in [6.07, 6.45) is 2.28. The molecule has 15 heavy (non-hydrogen) atoms. The molecule has 88 valence electrons. The molecule has 0 radical (unpaired) electrons. The number of nitrogens with one attached hydrogen (secondary N) is 2. The molecule has 1 rings (SSSR count). The monoisotopic (exact) mass is 213 g/mol. The standard InChI is InChI=1S/C11H23N3O/c1-4-12-11(15)9(2)13-10-5-7-14(3)8-6-10/h9-10,13H,4-8H2,1-3H3,(H,12,15). The Labute approximate surface area is 92.4 Å². The Morgan fingerprint density at radius 3 is 2.60 bits per heavy atom. The largest absolute Gasteiger partial charge is 0.355 e. The highest BCUT2D eigenvalue weighted by Crippen LogP contribution is 2.08. The van der Waals surface area contributed by atoms with Gasteiger partial charge in [0.05, 0.1) is 6.04 Å². The van der Waals surface area contributed by atoms with Crippen molar-refractivity contribution in [2.24, 2.45) is 0 Å². The number of likely N-dealkylation sites (N-methyl/N-ethyl adjacent to an activating group) is 1. The predicted molar refractivity (Wildman–Crippen MR) is 61.8 cm³/mol. The van der Waals surface area contributed by atoms with E-state index in [0.717, 1.165) is 25.9 Å². The van der Waals surface area contributed by atoms with Gasteiger partial charge in [0, 0.05) is 12.6 Å². The molecule has 0 aromatic carbocycles. The zero-order chi connectivity index (χ0) is 11.3. The lowest BCUT2D eigenvalue weighted by Crippen LogP contribution is -2.49. The van der Waals surface area contributed by atoms with Gasteiger partial charge in [-0.1, -0.05) is 0 Å². The molecule has 4 nitrogen and oxygen atoms in total. The van der Waals surface area contributed by atoms with Crippen LogP contribution < -0.4 is 10.6 Å². The van der Waals surface area contributed by atoms with Crippen molar-refractivity contribution < 1.29 is 4.79 Å². The quantitative estimate of drug-likeness (QED) is 0.701. The summed E-state index contributed by atoms with van der Waals surface area (Å²) in [5, 5.41) is 6.22. The number of rotatable bonds is 4. The predicted octanol–water partition coefficient (Wildman–Crippen LogP) is 0.195. The summed E-state index contributed by atoms with van der Waals surface area (Å²) in [7, 11) is 2.14. The van der Waals surface area contributed by atoms with Crippen LogP contribution >= 0.6 is 0 Å². The van der Waals surface area contributed by atoms with Gasteiger partial charge in [-0.3, -0.25) is 4.79 Å². The van der Waals surface area contributed by atoms with Crippen LogP contribution in [0.1, 0.15) is 26.7 Å². The molecule has 1 unspecified atom stereocenters. The van der Waals surface area contributed by atoms with Crippen molar-refractivity contribution in [2.75, 3.05) is 26.7 Å². The van der Waals surface area contributed by atoms with E-state index in [1.807, 2.05) is 13.8 Å². The summed E-state index contributed by atoms with van der Waals surface area (Å²) in [5.41, 5.74) is 0. The number of likely N-dealkylation sites (tertiary alicyclic amines) is 1. The molecule has 4 heteroatoms. The van der Waals surface area contributed by atoms with Crippen molar-refractivity contribution in [2.45, 2.75) is 38.8 Å². The fourth-order valence-electron chi connectivity index (χ4n) is 1.93. The second-order valence-corrected chi connectivity index (χ2v) is 4.36. The normalized spacial score (nSPS) is 21.3. The first-order chi connectivity index (χ1) is 7.13. The second kappa shape index (κ2) is 6.08. The maximum absolute atomic E-state index is 11.5. The lowest BCUT2D eigenvalue weighted by Gasteiger charge is -2.31. The van der Waals surface area contributed by atoms with Crippen LogP contribution in [0.3, 0.4) is 0 Å². The van der Waals surface area contributed by atoms with Crippen molar-refractivity contribution >= 4 is 5.91 Å². The van der Waals surface area contributed by atoms with E-state index in [1.165, 1.54) is 0 Å². The van der Waals surface area contributed by atoms with E-state index in [0.29, 0.717) is 12.6 Å². The van der Waals surface area contributed by atoms with Crippen LogP contribution in [0.15, 0.2) is 0 Å². The fraction of sp³-hybridized carbons (Fsp3) is 0.909. The molecule has 1 saturated heterocycles. The number of carbonyl (C=O) groups is 1. The molecule has 0 aromatic heterocycles. The van der Waals surface area contributed by atoms with Gasteiger partial charge in [-0.15, -0.1) is 0 Å². The Morgan fingerprint density at radius 2 is 2.07 bits per heavy atom. The minimum absolute atomic E-state index is 0.0710. The van der Waals surface area contributed by atoms with E-state index in [-0.39, 0.29) is 11.9 Å². The highest BCUT2D eigenvalue weighted by atomic mass is 16.2. The SMILES string of the molecule is CCNC(=O)C(C)NC1CCN(C)CC1. The van der Waals surface area contributed by atoms with Gasteiger partial charge in [-0.05, 0) is 46.8 Å². The maximum Gasteiger partial charge on any atom is 0.236 e. The molecule has 0 bridgehead atoms. The highest BCUT2D eigenvalue weighted by Gasteiger charge is 2.20. The molecule has 1 atom stereocenters. The van der Waals surface area contributed by atoms with E-state index in [1.54, 1.807) is 0 Å². The van der Waals surface area contributed by atoms with Gasteiger partial charge in [0.25, 0.3) is 0 Å². The Bertz CT molecular complexity index is 200. The molecular weight excluding hydrogens is 190 g/mol. The average molecular weight is 213 g/mol. The van der Waals surface area contributed by atoms with Crippen molar-refractivity contribution in [3.05, 3.63) is 0 Å². The molecule has 1 fully saturated rings. The van der Waals surface area contributed by atoms with E-state index in [4.69, 9.17) is 0 Å². The molecule has 2 N–H and O–H groups in total. The Balaban J connectivity index is 2.25. The highest BCUT2D eigenvalue weighted by molar-refractivity contribution is 5.81. The van der Waals surface area contributed by atoms with Crippen LogP contribution in [0.25, 0.3) is 0 Å². The van der Waals surface area contributed by atoms with Gasteiger partial charge in [-0.2, -0.15) is 0 Å². The lowest BCUT2D eigenvalue weighted by atomic mass is 10.0. The molecule has 1 aliphatic rings. The molecule has 1 amide bonds. The summed E-state index contributed by atoms with van der Waals surface area (Å²) in [4.78, 5) is 13.8. The van der Waals surface area contributed by atoms with Crippen LogP contribution in [0.2, 0.25) is 0 Å². The van der Waals surface area contributed by atoms with E-state index in [9.17, 15) is 4.79 Å². The average Bonchev–Trinajstić information content (AvgIpc) is 2.22. The zero-order valence-corrected chi connectivity index (χ0v) is 10.0. The third-order valence-electron chi connectivity index (χ3n) is 2.95. The van der Waals surface area contributed by atoms with Crippen molar-refractivity contribution in [1.82, 2.24) is 15.5 Å². The molecule has 0 aliphatic carbocycles. The third kappa shape index (κ3) is 4.18. The number of amides is 1. The second-order valence-electron chi connectivity index (χ2n) is 4.36. The smallest absolute Gasteiger partial charge is 0.236 e. The van der Waals surface area contributed by atoms with Crippen LogP contribution in [0.4, 0.5) is 0 Å². The minimum Gasteiger partial charge on any atom is -0.355 e. The maximum atomic E-state index is 11.5.